The molecule has 2 heterocycles. The maximum Gasteiger partial charge on any atom is 0.419 e. The van der Waals surface area contributed by atoms with Crippen LogP contribution in [0.2, 0.25) is 5.02 Å². The van der Waals surface area contributed by atoms with Gasteiger partial charge in [0.1, 0.15) is 5.75 Å². The van der Waals surface area contributed by atoms with Crippen molar-refractivity contribution in [1.29, 1.82) is 0 Å². The molecular formula is C28H33ClF3N3O3. The normalized spacial score (nSPS) is 21.0. The Hall–Kier alpha value is -2.78. The number of ether oxygens (including phenoxy) is 1. The molecule has 2 atom stereocenters. The minimum Gasteiger partial charge on any atom is -0.496 e. The molecule has 4 rings (SSSR count). The molecule has 0 aromatic heterocycles. The van der Waals surface area contributed by atoms with Gasteiger partial charge in [-0.25, -0.2) is 0 Å². The number of hydrogen-bond donors (Lipinski definition) is 0. The van der Waals surface area contributed by atoms with E-state index in [-0.39, 0.29) is 29.1 Å². The van der Waals surface area contributed by atoms with Crippen LogP contribution in [0.25, 0.3) is 0 Å². The van der Waals surface area contributed by atoms with E-state index in [2.05, 4.69) is 11.8 Å². The number of carbonyl (C=O) groups excluding carboxylic acids is 2. The van der Waals surface area contributed by atoms with Crippen molar-refractivity contribution in [3.8, 4) is 5.75 Å². The van der Waals surface area contributed by atoms with E-state index in [0.717, 1.165) is 57.3 Å². The van der Waals surface area contributed by atoms with Crippen LogP contribution in [-0.2, 0) is 11.0 Å². The Morgan fingerprint density at radius 3 is 2.32 bits per heavy atom. The average Bonchev–Trinajstić information content (AvgIpc) is 3.37. The van der Waals surface area contributed by atoms with Crippen molar-refractivity contribution in [2.75, 3.05) is 46.9 Å². The van der Waals surface area contributed by atoms with E-state index in [4.69, 9.17) is 16.3 Å². The fraction of sp³-hybridized carbons (Fsp3) is 0.500. The quantitative estimate of drug-likeness (QED) is 0.497. The highest BCUT2D eigenvalue weighted by molar-refractivity contribution is 6.30. The molecule has 2 amide bonds. The lowest BCUT2D eigenvalue weighted by molar-refractivity contribution is -0.139. The second-order valence-electron chi connectivity index (χ2n) is 10.0. The summed E-state index contributed by atoms with van der Waals surface area (Å²) in [5.41, 5.74) is -0.178. The fourth-order valence-corrected chi connectivity index (χ4v) is 5.69. The second kappa shape index (κ2) is 11.5. The first-order chi connectivity index (χ1) is 18.0. The maximum atomic E-state index is 13.6. The molecule has 2 aromatic carbocycles. The number of benzene rings is 2. The van der Waals surface area contributed by atoms with Crippen molar-refractivity contribution in [1.82, 2.24) is 14.7 Å². The van der Waals surface area contributed by atoms with Gasteiger partial charge in [-0.05, 0) is 68.4 Å². The van der Waals surface area contributed by atoms with E-state index in [9.17, 15) is 22.8 Å². The number of methoxy groups -OCH3 is 1. The third kappa shape index (κ3) is 5.94. The van der Waals surface area contributed by atoms with Gasteiger partial charge in [-0.1, -0.05) is 30.7 Å². The Bertz CT molecular complexity index is 1150. The van der Waals surface area contributed by atoms with E-state index >= 15 is 0 Å². The number of amides is 2. The predicted octanol–water partition coefficient (Wildman–Crippen LogP) is 5.17. The zero-order chi connectivity index (χ0) is 27.6. The molecule has 206 valence electrons. The molecule has 0 aliphatic carbocycles. The first-order valence-electron chi connectivity index (χ1n) is 12.8. The van der Waals surface area contributed by atoms with Gasteiger partial charge in [-0.15, -0.1) is 0 Å². The third-order valence-electron chi connectivity index (χ3n) is 7.85. The average molecular weight is 552 g/mol. The molecule has 0 saturated carbocycles. The van der Waals surface area contributed by atoms with Crippen LogP contribution < -0.4 is 4.74 Å². The smallest absolute Gasteiger partial charge is 0.419 e. The van der Waals surface area contributed by atoms with Crippen LogP contribution in [0.4, 0.5) is 13.2 Å². The summed E-state index contributed by atoms with van der Waals surface area (Å²) in [5, 5.41) is 0.571. The Balaban J connectivity index is 1.60. The van der Waals surface area contributed by atoms with Crippen molar-refractivity contribution in [3.05, 3.63) is 64.2 Å². The molecule has 10 heteroatoms. The standard InChI is InChI=1S/C28H33ClF3N3O3/c1-4-34-13-11-19(12-14-34)27(37)35-16-22(18-5-8-21(29)9-6-18)24(17-35)33(2)26(36)20-7-10-25(38-3)23(15-20)28(30,31)32/h5-10,15,19,22,24H,4,11-14,16-17H2,1-3H3/t22-,24+/m0/s1. The summed E-state index contributed by atoms with van der Waals surface area (Å²) in [5.74, 6) is -1.09. The number of piperidine rings is 1. The minimum absolute atomic E-state index is 0.0700. The number of likely N-dealkylation sites (tertiary alicyclic amines) is 2. The largest absolute Gasteiger partial charge is 0.496 e. The highest BCUT2D eigenvalue weighted by Crippen LogP contribution is 2.38. The monoisotopic (exact) mass is 551 g/mol. The van der Waals surface area contributed by atoms with Crippen molar-refractivity contribution in [3.63, 3.8) is 0 Å². The second-order valence-corrected chi connectivity index (χ2v) is 10.4. The van der Waals surface area contributed by atoms with E-state index in [0.29, 0.717) is 18.1 Å². The van der Waals surface area contributed by atoms with E-state index in [1.165, 1.54) is 11.0 Å². The lowest BCUT2D eigenvalue weighted by atomic mass is 9.93. The summed E-state index contributed by atoms with van der Waals surface area (Å²) in [7, 11) is 2.74. The molecule has 2 aliphatic heterocycles. The number of halogens is 4. The minimum atomic E-state index is -4.67. The summed E-state index contributed by atoms with van der Waals surface area (Å²) in [6.07, 6.45) is -3.09. The third-order valence-corrected chi connectivity index (χ3v) is 8.10. The maximum absolute atomic E-state index is 13.6. The summed E-state index contributed by atoms with van der Waals surface area (Å²) >= 11 is 6.09. The summed E-state index contributed by atoms with van der Waals surface area (Å²) in [6, 6.07) is 10.2. The zero-order valence-corrected chi connectivity index (χ0v) is 22.6. The molecule has 2 saturated heterocycles. The molecule has 2 aromatic rings. The van der Waals surface area contributed by atoms with Gasteiger partial charge >= 0.3 is 6.18 Å². The first-order valence-corrected chi connectivity index (χ1v) is 13.2. The van der Waals surface area contributed by atoms with Crippen molar-refractivity contribution < 1.29 is 27.5 Å². The Kier molecular flexibility index (Phi) is 8.57. The van der Waals surface area contributed by atoms with Gasteiger partial charge in [0.25, 0.3) is 5.91 Å². The Morgan fingerprint density at radius 2 is 1.74 bits per heavy atom. The number of alkyl halides is 3. The SMILES string of the molecule is CCN1CCC(C(=O)N2C[C@@H](N(C)C(=O)c3ccc(OC)c(C(F)(F)F)c3)[C@H](c3ccc(Cl)cc3)C2)CC1. The fourth-order valence-electron chi connectivity index (χ4n) is 5.57. The molecule has 0 N–H and O–H groups in total. The highest BCUT2D eigenvalue weighted by Gasteiger charge is 2.42. The van der Waals surface area contributed by atoms with E-state index in [1.54, 1.807) is 19.2 Å². The lowest BCUT2D eigenvalue weighted by Crippen LogP contribution is -2.44. The topological polar surface area (TPSA) is 53.1 Å². The van der Waals surface area contributed by atoms with Crippen molar-refractivity contribution in [2.45, 2.75) is 37.9 Å². The molecule has 6 nitrogen and oxygen atoms in total. The number of hydrogen-bond acceptors (Lipinski definition) is 4. The molecule has 0 spiro atoms. The van der Waals surface area contributed by atoms with Gasteiger partial charge in [0, 0.05) is 42.6 Å². The number of rotatable bonds is 6. The van der Waals surface area contributed by atoms with Gasteiger partial charge < -0.3 is 19.4 Å². The van der Waals surface area contributed by atoms with Gasteiger partial charge in [-0.2, -0.15) is 13.2 Å². The number of nitrogens with zero attached hydrogens (tertiary/aromatic N) is 3. The molecule has 0 bridgehead atoms. The molecule has 0 radical (unpaired) electrons. The molecule has 0 unspecified atom stereocenters. The van der Waals surface area contributed by atoms with Crippen LogP contribution in [0, 0.1) is 5.92 Å². The molecule has 38 heavy (non-hydrogen) atoms. The van der Waals surface area contributed by atoms with Crippen LogP contribution in [0.3, 0.4) is 0 Å². The van der Waals surface area contributed by atoms with Crippen LogP contribution in [-0.4, -0.2) is 79.4 Å². The van der Waals surface area contributed by atoms with Crippen LogP contribution >= 0.6 is 11.6 Å². The molecule has 2 fully saturated rings. The predicted molar refractivity (Wildman–Crippen MR) is 139 cm³/mol. The van der Waals surface area contributed by atoms with Crippen LogP contribution in [0.5, 0.6) is 5.75 Å². The summed E-state index contributed by atoms with van der Waals surface area (Å²) in [6.45, 7) is 5.55. The van der Waals surface area contributed by atoms with Crippen molar-refractivity contribution >= 4 is 23.4 Å². The van der Waals surface area contributed by atoms with Crippen molar-refractivity contribution in [2.24, 2.45) is 5.92 Å². The lowest BCUT2D eigenvalue weighted by Gasteiger charge is -2.32. The van der Waals surface area contributed by atoms with Crippen LogP contribution in [0.1, 0.15) is 47.2 Å². The van der Waals surface area contributed by atoms with E-state index < -0.39 is 23.7 Å². The first kappa shape index (κ1) is 28.2. The Labute approximate surface area is 226 Å². The molecule has 2 aliphatic rings. The number of likely N-dealkylation sites (N-methyl/N-ethyl adjacent to an activating group) is 1. The van der Waals surface area contributed by atoms with Crippen LogP contribution in [0.15, 0.2) is 42.5 Å². The Morgan fingerprint density at radius 1 is 1.08 bits per heavy atom. The summed E-state index contributed by atoms with van der Waals surface area (Å²) < 4.78 is 45.7. The van der Waals surface area contributed by atoms with Gasteiger partial charge in [0.05, 0.1) is 18.7 Å². The van der Waals surface area contributed by atoms with E-state index in [1.807, 2.05) is 17.0 Å². The summed E-state index contributed by atoms with van der Waals surface area (Å²) in [4.78, 5) is 32.6. The van der Waals surface area contributed by atoms with Gasteiger partial charge in [0.2, 0.25) is 5.91 Å². The zero-order valence-electron chi connectivity index (χ0n) is 21.8. The van der Waals surface area contributed by atoms with Gasteiger partial charge in [-0.3, -0.25) is 9.59 Å². The number of carbonyl (C=O) groups is 2. The van der Waals surface area contributed by atoms with Gasteiger partial charge in [0.15, 0.2) is 0 Å². The highest BCUT2D eigenvalue weighted by atomic mass is 35.5. The molecular weight excluding hydrogens is 519 g/mol.